The highest BCUT2D eigenvalue weighted by Crippen LogP contribution is 2.16. The Morgan fingerprint density at radius 2 is 1.82 bits per heavy atom. The molecule has 1 saturated carbocycles. The van der Waals surface area contributed by atoms with E-state index in [0.717, 1.165) is 25.6 Å². The van der Waals surface area contributed by atoms with Crippen LogP contribution in [0.5, 0.6) is 0 Å². The summed E-state index contributed by atoms with van der Waals surface area (Å²) in [6, 6.07) is 11.1. The summed E-state index contributed by atoms with van der Waals surface area (Å²) in [6.07, 6.45) is 6.69. The van der Waals surface area contributed by atoms with Crippen molar-refractivity contribution in [1.29, 1.82) is 0 Å². The van der Waals surface area contributed by atoms with E-state index >= 15 is 0 Å². The van der Waals surface area contributed by atoms with Crippen molar-refractivity contribution in [2.45, 2.75) is 45.1 Å². The number of nitrogens with one attached hydrogen (secondary N) is 1. The van der Waals surface area contributed by atoms with Crippen molar-refractivity contribution in [2.24, 2.45) is 5.73 Å². The number of hydrogen-bond acceptors (Lipinski definition) is 2. The third-order valence-corrected chi connectivity index (χ3v) is 3.12. The minimum absolute atomic E-state index is 0.740. The molecular formula is C15H26N2. The molecule has 0 bridgehead atoms. The van der Waals surface area contributed by atoms with Gasteiger partial charge in [-0.25, -0.2) is 0 Å². The molecule has 0 amide bonds. The molecule has 1 aliphatic carbocycles. The smallest absolute Gasteiger partial charge is 0.00669 e. The lowest BCUT2D eigenvalue weighted by atomic mass is 10.2. The molecule has 0 radical (unpaired) electrons. The maximum Gasteiger partial charge on any atom is 0.00669 e. The Morgan fingerprint density at radius 3 is 2.35 bits per heavy atom. The van der Waals surface area contributed by atoms with Crippen LogP contribution in [0.3, 0.4) is 0 Å². The first kappa shape index (κ1) is 14.2. The Labute approximate surface area is 106 Å². The van der Waals surface area contributed by atoms with E-state index in [0.29, 0.717) is 0 Å². The van der Waals surface area contributed by atoms with Crippen LogP contribution in [-0.4, -0.2) is 19.1 Å². The average molecular weight is 234 g/mol. The van der Waals surface area contributed by atoms with Crippen molar-refractivity contribution in [3.63, 3.8) is 0 Å². The molecule has 0 unspecified atom stereocenters. The molecule has 0 aliphatic heterocycles. The molecule has 0 saturated heterocycles. The number of rotatable bonds is 4. The minimum Gasteiger partial charge on any atom is -0.330 e. The van der Waals surface area contributed by atoms with Crippen LogP contribution in [0.15, 0.2) is 30.3 Å². The van der Waals surface area contributed by atoms with E-state index in [1.165, 1.54) is 31.2 Å². The highest BCUT2D eigenvalue weighted by Gasteiger charge is 2.11. The molecular weight excluding hydrogens is 208 g/mol. The topological polar surface area (TPSA) is 38.0 Å². The second kappa shape index (κ2) is 9.20. The van der Waals surface area contributed by atoms with E-state index in [-0.39, 0.29) is 0 Å². The van der Waals surface area contributed by atoms with Gasteiger partial charge >= 0.3 is 0 Å². The Hall–Kier alpha value is -0.860. The van der Waals surface area contributed by atoms with Crippen molar-refractivity contribution >= 4 is 0 Å². The fourth-order valence-corrected chi connectivity index (χ4v) is 2.23. The predicted molar refractivity (Wildman–Crippen MR) is 75.1 cm³/mol. The molecule has 1 aliphatic rings. The summed E-state index contributed by atoms with van der Waals surface area (Å²) in [4.78, 5) is 0. The Balaban J connectivity index is 0.000000171. The van der Waals surface area contributed by atoms with E-state index in [2.05, 4.69) is 24.4 Å². The van der Waals surface area contributed by atoms with Gasteiger partial charge in [-0.3, -0.25) is 0 Å². The second-order valence-corrected chi connectivity index (χ2v) is 4.56. The molecule has 1 aromatic rings. The second-order valence-electron chi connectivity index (χ2n) is 4.56. The van der Waals surface area contributed by atoms with Crippen molar-refractivity contribution in [3.8, 4) is 0 Å². The maximum atomic E-state index is 5.36. The molecule has 1 aromatic carbocycles. The quantitative estimate of drug-likeness (QED) is 0.840. The van der Waals surface area contributed by atoms with Crippen molar-refractivity contribution in [2.75, 3.05) is 13.1 Å². The van der Waals surface area contributed by atoms with Crippen LogP contribution < -0.4 is 11.1 Å². The monoisotopic (exact) mass is 234 g/mol. The van der Waals surface area contributed by atoms with Crippen molar-refractivity contribution < 1.29 is 0 Å². The molecule has 2 heteroatoms. The van der Waals surface area contributed by atoms with E-state index < -0.39 is 0 Å². The van der Waals surface area contributed by atoms with Crippen LogP contribution in [0, 0.1) is 0 Å². The molecule has 17 heavy (non-hydrogen) atoms. The van der Waals surface area contributed by atoms with Crippen LogP contribution in [0.1, 0.15) is 38.2 Å². The summed E-state index contributed by atoms with van der Waals surface area (Å²) in [5.41, 5.74) is 6.68. The fourth-order valence-electron chi connectivity index (χ4n) is 2.23. The Morgan fingerprint density at radius 1 is 1.18 bits per heavy atom. The summed E-state index contributed by atoms with van der Waals surface area (Å²) >= 11 is 0. The summed E-state index contributed by atoms with van der Waals surface area (Å²) < 4.78 is 0. The average Bonchev–Trinajstić information content (AvgIpc) is 2.85. The first-order valence-corrected chi connectivity index (χ1v) is 6.84. The summed E-state index contributed by atoms with van der Waals surface area (Å²) in [5, 5.41) is 3.44. The molecule has 0 aromatic heterocycles. The molecule has 0 heterocycles. The van der Waals surface area contributed by atoms with Gasteiger partial charge in [-0.1, -0.05) is 50.1 Å². The van der Waals surface area contributed by atoms with Gasteiger partial charge in [0.1, 0.15) is 0 Å². The van der Waals surface area contributed by atoms with Gasteiger partial charge in [0.2, 0.25) is 0 Å². The third-order valence-electron chi connectivity index (χ3n) is 3.12. The van der Waals surface area contributed by atoms with Crippen LogP contribution in [-0.2, 0) is 6.42 Å². The first-order chi connectivity index (χ1) is 8.36. The first-order valence-electron chi connectivity index (χ1n) is 6.84. The number of nitrogens with two attached hydrogens (primary N) is 1. The minimum atomic E-state index is 0.740. The lowest BCUT2D eigenvalue weighted by molar-refractivity contribution is 0.542. The Bertz CT molecular complexity index is 266. The van der Waals surface area contributed by atoms with Gasteiger partial charge in [-0.05, 0) is 37.9 Å². The predicted octanol–water partition coefficient (Wildman–Crippen LogP) is 2.73. The number of benzene rings is 1. The molecule has 2 rings (SSSR count). The van der Waals surface area contributed by atoms with Crippen LogP contribution >= 0.6 is 0 Å². The van der Waals surface area contributed by atoms with Gasteiger partial charge < -0.3 is 11.1 Å². The molecule has 2 nitrogen and oxygen atoms in total. The highest BCUT2D eigenvalue weighted by molar-refractivity contribution is 5.14. The fraction of sp³-hybridized carbons (Fsp3) is 0.600. The van der Waals surface area contributed by atoms with Crippen molar-refractivity contribution in [1.82, 2.24) is 5.32 Å². The Kier molecular flexibility index (Phi) is 7.69. The normalized spacial score (nSPS) is 15.4. The lowest BCUT2D eigenvalue weighted by Crippen LogP contribution is -2.24. The lowest BCUT2D eigenvalue weighted by Gasteiger charge is -2.07. The largest absolute Gasteiger partial charge is 0.330 e. The molecule has 0 atom stereocenters. The molecule has 96 valence electrons. The van der Waals surface area contributed by atoms with Crippen LogP contribution in [0.25, 0.3) is 0 Å². The van der Waals surface area contributed by atoms with Gasteiger partial charge in [-0.15, -0.1) is 0 Å². The number of hydrogen-bond donors (Lipinski definition) is 2. The summed E-state index contributed by atoms with van der Waals surface area (Å²) in [7, 11) is 0. The van der Waals surface area contributed by atoms with Crippen LogP contribution in [0.4, 0.5) is 0 Å². The van der Waals surface area contributed by atoms with Gasteiger partial charge in [0.05, 0.1) is 0 Å². The molecule has 1 fully saturated rings. The van der Waals surface area contributed by atoms with Crippen molar-refractivity contribution in [3.05, 3.63) is 35.9 Å². The van der Waals surface area contributed by atoms with Gasteiger partial charge in [0.25, 0.3) is 0 Å². The third kappa shape index (κ3) is 6.44. The summed E-state index contributed by atoms with van der Waals surface area (Å²) in [5.74, 6) is 0. The molecule has 0 spiro atoms. The SMILES string of the molecule is CCNC1CCCC1.NCCc1ccccc1. The van der Waals surface area contributed by atoms with E-state index in [9.17, 15) is 0 Å². The van der Waals surface area contributed by atoms with Gasteiger partial charge in [0.15, 0.2) is 0 Å². The van der Waals surface area contributed by atoms with E-state index in [1.807, 2.05) is 18.2 Å². The highest BCUT2D eigenvalue weighted by atomic mass is 14.9. The molecule has 3 N–H and O–H groups in total. The zero-order chi connectivity index (χ0) is 12.3. The standard InChI is InChI=1S/C8H11N.C7H15N/c9-7-6-8-4-2-1-3-5-8;1-2-8-7-5-3-4-6-7/h1-5H,6-7,9H2;7-8H,2-6H2,1H3. The van der Waals surface area contributed by atoms with Gasteiger partial charge in [-0.2, -0.15) is 0 Å². The van der Waals surface area contributed by atoms with Gasteiger partial charge in [0, 0.05) is 6.04 Å². The zero-order valence-electron chi connectivity index (χ0n) is 11.0. The van der Waals surface area contributed by atoms with Crippen LogP contribution in [0.2, 0.25) is 0 Å². The zero-order valence-corrected chi connectivity index (χ0v) is 11.0. The maximum absolute atomic E-state index is 5.36. The van der Waals surface area contributed by atoms with E-state index in [1.54, 1.807) is 0 Å². The van der Waals surface area contributed by atoms with E-state index in [4.69, 9.17) is 5.73 Å². The summed E-state index contributed by atoms with van der Waals surface area (Å²) in [6.45, 7) is 4.06.